The first-order valence-corrected chi connectivity index (χ1v) is 8.60. The summed E-state index contributed by atoms with van der Waals surface area (Å²) >= 11 is 0. The van der Waals surface area contributed by atoms with E-state index in [0.29, 0.717) is 22.8 Å². The number of methoxy groups -OCH3 is 3. The SMILES string of the molecule is COc1cc(C(=O)NNC(=O)c2ccc3c(c2)CCC3)cc(OC)c1OC. The van der Waals surface area contributed by atoms with Crippen molar-refractivity contribution in [2.24, 2.45) is 0 Å². The van der Waals surface area contributed by atoms with Gasteiger partial charge in [-0.05, 0) is 54.7 Å². The number of hydrogen-bond donors (Lipinski definition) is 2. The Kier molecular flexibility index (Phi) is 5.49. The van der Waals surface area contributed by atoms with Gasteiger partial charge < -0.3 is 14.2 Å². The van der Waals surface area contributed by atoms with E-state index in [1.807, 2.05) is 12.1 Å². The summed E-state index contributed by atoms with van der Waals surface area (Å²) in [4.78, 5) is 24.8. The van der Waals surface area contributed by atoms with Gasteiger partial charge >= 0.3 is 0 Å². The monoisotopic (exact) mass is 370 g/mol. The largest absolute Gasteiger partial charge is 0.493 e. The van der Waals surface area contributed by atoms with Crippen LogP contribution >= 0.6 is 0 Å². The molecule has 2 amide bonds. The Balaban J connectivity index is 1.71. The number of benzene rings is 2. The minimum atomic E-state index is -0.497. The van der Waals surface area contributed by atoms with Crippen molar-refractivity contribution in [1.29, 1.82) is 0 Å². The highest BCUT2D eigenvalue weighted by molar-refractivity contribution is 5.99. The van der Waals surface area contributed by atoms with Crippen molar-refractivity contribution < 1.29 is 23.8 Å². The molecule has 0 bridgehead atoms. The van der Waals surface area contributed by atoms with Gasteiger partial charge in [-0.25, -0.2) is 0 Å². The summed E-state index contributed by atoms with van der Waals surface area (Å²) in [6, 6.07) is 8.64. The Morgan fingerprint density at radius 3 is 1.96 bits per heavy atom. The number of fused-ring (bicyclic) bond motifs is 1. The van der Waals surface area contributed by atoms with Crippen LogP contribution in [0.3, 0.4) is 0 Å². The molecular formula is C20H22N2O5. The Bertz CT molecular complexity index is 854. The van der Waals surface area contributed by atoms with E-state index < -0.39 is 5.91 Å². The number of rotatable bonds is 5. The maximum absolute atomic E-state index is 12.4. The Labute approximate surface area is 157 Å². The van der Waals surface area contributed by atoms with Crippen LogP contribution in [0.2, 0.25) is 0 Å². The zero-order chi connectivity index (χ0) is 19.4. The molecule has 7 heteroatoms. The molecule has 0 atom stereocenters. The molecule has 3 rings (SSSR count). The van der Waals surface area contributed by atoms with E-state index in [1.54, 1.807) is 6.07 Å². The van der Waals surface area contributed by atoms with Crippen molar-refractivity contribution in [3.63, 3.8) is 0 Å². The molecule has 1 aliphatic rings. The van der Waals surface area contributed by atoms with Gasteiger partial charge in [0.15, 0.2) is 11.5 Å². The van der Waals surface area contributed by atoms with Gasteiger partial charge in [0.1, 0.15) is 0 Å². The lowest BCUT2D eigenvalue weighted by Crippen LogP contribution is -2.41. The van der Waals surface area contributed by atoms with Crippen molar-refractivity contribution in [1.82, 2.24) is 10.9 Å². The summed E-state index contributed by atoms with van der Waals surface area (Å²) < 4.78 is 15.7. The van der Waals surface area contributed by atoms with Crippen LogP contribution in [0.25, 0.3) is 0 Å². The first-order chi connectivity index (χ1) is 13.1. The fourth-order valence-electron chi connectivity index (χ4n) is 3.18. The number of hydrazine groups is 1. The van der Waals surface area contributed by atoms with Crippen molar-refractivity contribution >= 4 is 11.8 Å². The summed E-state index contributed by atoms with van der Waals surface area (Å²) in [6.07, 6.45) is 3.14. The Morgan fingerprint density at radius 2 is 1.37 bits per heavy atom. The van der Waals surface area contributed by atoms with Crippen molar-refractivity contribution in [2.45, 2.75) is 19.3 Å². The summed E-state index contributed by atoms with van der Waals surface area (Å²) in [5, 5.41) is 0. The molecule has 142 valence electrons. The molecule has 27 heavy (non-hydrogen) atoms. The molecule has 2 aromatic carbocycles. The molecule has 0 spiro atoms. The molecule has 2 N–H and O–H groups in total. The molecule has 2 aromatic rings. The molecule has 0 unspecified atom stereocenters. The third-order valence-electron chi connectivity index (χ3n) is 4.58. The van der Waals surface area contributed by atoms with Crippen LogP contribution in [0, 0.1) is 0 Å². The van der Waals surface area contributed by atoms with E-state index in [2.05, 4.69) is 10.9 Å². The molecule has 0 heterocycles. The molecule has 0 fully saturated rings. The zero-order valence-corrected chi connectivity index (χ0v) is 15.5. The molecule has 0 saturated heterocycles. The third kappa shape index (κ3) is 3.81. The third-order valence-corrected chi connectivity index (χ3v) is 4.58. The van der Waals surface area contributed by atoms with Gasteiger partial charge in [0.2, 0.25) is 5.75 Å². The van der Waals surface area contributed by atoms with Crippen LogP contribution in [0.1, 0.15) is 38.3 Å². The highest BCUT2D eigenvalue weighted by Crippen LogP contribution is 2.38. The highest BCUT2D eigenvalue weighted by Gasteiger charge is 2.18. The van der Waals surface area contributed by atoms with E-state index in [4.69, 9.17) is 14.2 Å². The van der Waals surface area contributed by atoms with Gasteiger partial charge in [-0.3, -0.25) is 20.4 Å². The van der Waals surface area contributed by atoms with Crippen LogP contribution in [0.4, 0.5) is 0 Å². The topological polar surface area (TPSA) is 85.9 Å². The molecule has 0 aliphatic heterocycles. The standard InChI is InChI=1S/C20H22N2O5/c1-25-16-10-15(11-17(26-2)18(16)27-3)20(24)22-21-19(23)14-8-7-12-5-4-6-13(12)9-14/h7-11H,4-6H2,1-3H3,(H,21,23)(H,22,24). The fraction of sp³-hybridized carbons (Fsp3) is 0.300. The molecule has 0 saturated carbocycles. The number of carbonyl (C=O) groups excluding carboxylic acids is 2. The number of ether oxygens (including phenoxy) is 3. The molecular weight excluding hydrogens is 348 g/mol. The van der Waals surface area contributed by atoms with Gasteiger partial charge in [-0.15, -0.1) is 0 Å². The summed E-state index contributed by atoms with van der Waals surface area (Å²) in [5.74, 6) is 0.229. The lowest BCUT2D eigenvalue weighted by Gasteiger charge is -2.14. The van der Waals surface area contributed by atoms with Gasteiger partial charge in [0.25, 0.3) is 11.8 Å². The number of aryl methyl sites for hydroxylation is 2. The Hall–Kier alpha value is -3.22. The molecule has 1 aliphatic carbocycles. The molecule has 0 aromatic heterocycles. The van der Waals surface area contributed by atoms with Crippen LogP contribution in [0.15, 0.2) is 30.3 Å². The molecule has 7 nitrogen and oxygen atoms in total. The minimum Gasteiger partial charge on any atom is -0.493 e. The number of amides is 2. The summed E-state index contributed by atoms with van der Waals surface area (Å²) in [5.41, 5.74) is 8.11. The van der Waals surface area contributed by atoms with Crippen molar-refractivity contribution in [3.8, 4) is 17.2 Å². The first-order valence-electron chi connectivity index (χ1n) is 8.60. The fourth-order valence-corrected chi connectivity index (χ4v) is 3.18. The van der Waals surface area contributed by atoms with Crippen LogP contribution < -0.4 is 25.1 Å². The van der Waals surface area contributed by atoms with Crippen molar-refractivity contribution in [2.75, 3.05) is 21.3 Å². The number of carbonyl (C=O) groups is 2. The van der Waals surface area contributed by atoms with Gasteiger partial charge in [-0.1, -0.05) is 6.07 Å². The van der Waals surface area contributed by atoms with Gasteiger partial charge in [0, 0.05) is 11.1 Å². The maximum Gasteiger partial charge on any atom is 0.269 e. The van der Waals surface area contributed by atoms with Crippen LogP contribution in [0.5, 0.6) is 17.2 Å². The summed E-state index contributed by atoms with van der Waals surface area (Å²) in [6.45, 7) is 0. The number of hydrogen-bond acceptors (Lipinski definition) is 5. The highest BCUT2D eigenvalue weighted by atomic mass is 16.5. The van der Waals surface area contributed by atoms with Crippen molar-refractivity contribution in [3.05, 3.63) is 52.6 Å². The van der Waals surface area contributed by atoms with Crippen LogP contribution in [-0.2, 0) is 12.8 Å². The second-order valence-corrected chi connectivity index (χ2v) is 6.16. The average molecular weight is 370 g/mol. The van der Waals surface area contributed by atoms with E-state index in [1.165, 1.54) is 44.6 Å². The Morgan fingerprint density at radius 1 is 0.778 bits per heavy atom. The smallest absolute Gasteiger partial charge is 0.269 e. The predicted molar refractivity (Wildman–Crippen MR) is 99.5 cm³/mol. The van der Waals surface area contributed by atoms with Crippen LogP contribution in [-0.4, -0.2) is 33.1 Å². The first kappa shape index (κ1) is 18.6. The van der Waals surface area contributed by atoms with Gasteiger partial charge in [-0.2, -0.15) is 0 Å². The normalized spacial score (nSPS) is 12.1. The lowest BCUT2D eigenvalue weighted by molar-refractivity contribution is 0.0846. The van der Waals surface area contributed by atoms with E-state index in [-0.39, 0.29) is 11.5 Å². The quantitative estimate of drug-likeness (QED) is 0.789. The predicted octanol–water partition coefficient (Wildman–Crippen LogP) is 2.28. The van der Waals surface area contributed by atoms with E-state index in [0.717, 1.165) is 19.3 Å². The second-order valence-electron chi connectivity index (χ2n) is 6.16. The van der Waals surface area contributed by atoms with Gasteiger partial charge in [0.05, 0.1) is 21.3 Å². The minimum absolute atomic E-state index is 0.263. The van der Waals surface area contributed by atoms with E-state index >= 15 is 0 Å². The zero-order valence-electron chi connectivity index (χ0n) is 15.5. The second kappa shape index (κ2) is 7.99. The maximum atomic E-state index is 12.4. The average Bonchev–Trinajstić information content (AvgIpc) is 3.18. The lowest BCUT2D eigenvalue weighted by atomic mass is 10.1. The number of nitrogens with one attached hydrogen (secondary N) is 2. The molecule has 0 radical (unpaired) electrons. The van der Waals surface area contributed by atoms with E-state index in [9.17, 15) is 9.59 Å². The summed E-state index contributed by atoms with van der Waals surface area (Å²) in [7, 11) is 4.42.